The van der Waals surface area contributed by atoms with Gasteiger partial charge < -0.3 is 5.73 Å². The van der Waals surface area contributed by atoms with Crippen LogP contribution in [0.4, 0.5) is 5.82 Å². The second-order valence-electron chi connectivity index (χ2n) is 5.37. The van der Waals surface area contributed by atoms with Gasteiger partial charge in [0.2, 0.25) is 0 Å². The van der Waals surface area contributed by atoms with Gasteiger partial charge in [0.05, 0.1) is 11.3 Å². The number of pyridine rings is 1. The van der Waals surface area contributed by atoms with Crippen molar-refractivity contribution in [2.24, 2.45) is 0 Å². The van der Waals surface area contributed by atoms with Crippen LogP contribution in [0.3, 0.4) is 0 Å². The molecule has 2 N–H and O–H groups in total. The topological polar surface area (TPSA) is 69.1 Å². The van der Waals surface area contributed by atoms with Gasteiger partial charge in [-0.1, -0.05) is 48.6 Å². The molecule has 0 spiro atoms. The molecule has 0 saturated carbocycles. The molecule has 0 amide bonds. The van der Waals surface area contributed by atoms with E-state index in [9.17, 15) is 0 Å². The van der Waals surface area contributed by atoms with Crippen molar-refractivity contribution in [3.63, 3.8) is 0 Å². The number of hydrogen-bond donors (Lipinski definition) is 1. The van der Waals surface area contributed by atoms with E-state index in [0.717, 1.165) is 22.4 Å². The molecule has 4 rings (SSSR count). The fourth-order valence-electron chi connectivity index (χ4n) is 2.57. The lowest BCUT2D eigenvalue weighted by molar-refractivity contribution is 0.942. The summed E-state index contributed by atoms with van der Waals surface area (Å²) < 4.78 is 1.70. The summed E-state index contributed by atoms with van der Waals surface area (Å²) >= 11 is 0. The molecule has 24 heavy (non-hydrogen) atoms. The minimum absolute atomic E-state index is 0.422. The molecular weight excluding hydrogens is 298 g/mol. The van der Waals surface area contributed by atoms with Crippen molar-refractivity contribution in [1.29, 1.82) is 0 Å². The van der Waals surface area contributed by atoms with Crippen LogP contribution in [0.5, 0.6) is 0 Å². The van der Waals surface area contributed by atoms with E-state index >= 15 is 0 Å². The number of fused-ring (bicyclic) bond motifs is 1. The van der Waals surface area contributed by atoms with Crippen molar-refractivity contribution in [2.75, 3.05) is 5.73 Å². The molecule has 4 aromatic rings. The van der Waals surface area contributed by atoms with Gasteiger partial charge in [0.25, 0.3) is 0 Å². The maximum atomic E-state index is 6.07. The van der Waals surface area contributed by atoms with Crippen LogP contribution in [0.25, 0.3) is 29.1 Å². The largest absolute Gasteiger partial charge is 0.382 e. The highest BCUT2D eigenvalue weighted by Crippen LogP contribution is 2.27. The van der Waals surface area contributed by atoms with Crippen LogP contribution in [0.2, 0.25) is 0 Å². The predicted octanol–water partition coefficient (Wildman–Crippen LogP) is 3.54. The molecule has 0 saturated heterocycles. The lowest BCUT2D eigenvalue weighted by Gasteiger charge is -1.99. The maximum Gasteiger partial charge on any atom is 0.166 e. The number of anilines is 1. The molecule has 5 nitrogen and oxygen atoms in total. The SMILES string of the molecule is Nc1nn2cc(C=Cc3ccccc3)cnc2c1-c1ccccn1. The van der Waals surface area contributed by atoms with Gasteiger partial charge in [-0.05, 0) is 17.7 Å². The second kappa shape index (κ2) is 5.96. The molecule has 0 unspecified atom stereocenters. The summed E-state index contributed by atoms with van der Waals surface area (Å²) in [7, 11) is 0. The van der Waals surface area contributed by atoms with Gasteiger partial charge in [-0.15, -0.1) is 5.10 Å². The van der Waals surface area contributed by atoms with Gasteiger partial charge >= 0.3 is 0 Å². The molecule has 0 radical (unpaired) electrons. The quantitative estimate of drug-likeness (QED) is 0.628. The van der Waals surface area contributed by atoms with Crippen molar-refractivity contribution >= 4 is 23.6 Å². The van der Waals surface area contributed by atoms with E-state index in [1.54, 1.807) is 10.7 Å². The highest BCUT2D eigenvalue weighted by Gasteiger charge is 2.14. The average Bonchev–Trinajstić information content (AvgIpc) is 2.96. The Morgan fingerprint density at radius 3 is 2.46 bits per heavy atom. The Kier molecular flexibility index (Phi) is 3.51. The molecule has 0 aliphatic rings. The number of rotatable bonds is 3. The number of benzene rings is 1. The molecule has 0 fully saturated rings. The molecule has 5 heteroatoms. The first-order valence-corrected chi connectivity index (χ1v) is 7.60. The summed E-state index contributed by atoms with van der Waals surface area (Å²) in [6.45, 7) is 0. The van der Waals surface area contributed by atoms with Crippen molar-refractivity contribution in [3.05, 3.63) is 78.2 Å². The lowest BCUT2D eigenvalue weighted by atomic mass is 10.2. The van der Waals surface area contributed by atoms with Crippen molar-refractivity contribution < 1.29 is 0 Å². The summed E-state index contributed by atoms with van der Waals surface area (Å²) in [5.74, 6) is 0.422. The fourth-order valence-corrected chi connectivity index (χ4v) is 2.57. The van der Waals surface area contributed by atoms with E-state index in [4.69, 9.17) is 5.73 Å². The van der Waals surface area contributed by atoms with Crippen LogP contribution in [0.1, 0.15) is 11.1 Å². The Labute approximate surface area is 139 Å². The van der Waals surface area contributed by atoms with E-state index in [0.29, 0.717) is 11.5 Å². The average molecular weight is 313 g/mol. The Balaban J connectivity index is 1.74. The van der Waals surface area contributed by atoms with Crippen LogP contribution in [-0.4, -0.2) is 19.6 Å². The third-order valence-corrected chi connectivity index (χ3v) is 3.71. The first-order chi connectivity index (χ1) is 11.8. The molecule has 3 aromatic heterocycles. The smallest absolute Gasteiger partial charge is 0.166 e. The minimum Gasteiger partial charge on any atom is -0.382 e. The molecule has 0 aliphatic carbocycles. The zero-order valence-electron chi connectivity index (χ0n) is 12.9. The normalized spacial score (nSPS) is 11.3. The minimum atomic E-state index is 0.422. The highest BCUT2D eigenvalue weighted by molar-refractivity contribution is 5.84. The summed E-state index contributed by atoms with van der Waals surface area (Å²) in [5.41, 5.74) is 10.4. The van der Waals surface area contributed by atoms with Crippen molar-refractivity contribution in [3.8, 4) is 11.3 Å². The van der Waals surface area contributed by atoms with Crippen LogP contribution < -0.4 is 5.73 Å². The van der Waals surface area contributed by atoms with E-state index < -0.39 is 0 Å². The predicted molar refractivity (Wildman–Crippen MR) is 96.0 cm³/mol. The second-order valence-corrected chi connectivity index (χ2v) is 5.37. The number of nitrogens with zero attached hydrogens (tertiary/aromatic N) is 4. The molecule has 116 valence electrons. The Morgan fingerprint density at radius 2 is 1.67 bits per heavy atom. The number of nitrogen functional groups attached to an aromatic ring is 1. The lowest BCUT2D eigenvalue weighted by Crippen LogP contribution is -1.92. The molecule has 0 atom stereocenters. The maximum absolute atomic E-state index is 6.07. The molecule has 3 heterocycles. The monoisotopic (exact) mass is 313 g/mol. The van der Waals surface area contributed by atoms with Crippen LogP contribution in [0.15, 0.2) is 67.1 Å². The third kappa shape index (κ3) is 2.63. The van der Waals surface area contributed by atoms with Gasteiger partial charge in [0.15, 0.2) is 11.5 Å². The van der Waals surface area contributed by atoms with Crippen LogP contribution in [0, 0.1) is 0 Å². The molecule has 0 aliphatic heterocycles. The van der Waals surface area contributed by atoms with Gasteiger partial charge in [0, 0.05) is 24.2 Å². The highest BCUT2D eigenvalue weighted by atomic mass is 15.3. The van der Waals surface area contributed by atoms with E-state index in [1.165, 1.54) is 0 Å². The third-order valence-electron chi connectivity index (χ3n) is 3.71. The van der Waals surface area contributed by atoms with Gasteiger partial charge in [-0.25, -0.2) is 9.50 Å². The summed E-state index contributed by atoms with van der Waals surface area (Å²) in [4.78, 5) is 8.86. The van der Waals surface area contributed by atoms with Crippen LogP contribution in [-0.2, 0) is 0 Å². The van der Waals surface area contributed by atoms with Gasteiger partial charge in [-0.3, -0.25) is 4.98 Å². The molecule has 0 bridgehead atoms. The van der Waals surface area contributed by atoms with Crippen molar-refractivity contribution in [2.45, 2.75) is 0 Å². The zero-order chi connectivity index (χ0) is 16.4. The van der Waals surface area contributed by atoms with E-state index in [-0.39, 0.29) is 0 Å². The Bertz CT molecular complexity index is 1000. The summed E-state index contributed by atoms with van der Waals surface area (Å²) in [6.07, 6.45) is 9.48. The summed E-state index contributed by atoms with van der Waals surface area (Å²) in [6, 6.07) is 15.8. The first-order valence-electron chi connectivity index (χ1n) is 7.60. The van der Waals surface area contributed by atoms with E-state index in [1.807, 2.05) is 73.1 Å². The first kappa shape index (κ1) is 14.1. The Morgan fingerprint density at radius 1 is 0.875 bits per heavy atom. The standard InChI is InChI=1S/C19H15N5/c20-18-17(16-8-4-5-11-21-16)19-22-12-15(13-24(19)23-18)10-9-14-6-2-1-3-7-14/h1-13H,(H2,20,23). The molecular formula is C19H15N5. The zero-order valence-corrected chi connectivity index (χ0v) is 12.9. The van der Waals surface area contributed by atoms with Crippen molar-refractivity contribution in [1.82, 2.24) is 19.6 Å². The number of aromatic nitrogens is 4. The van der Waals surface area contributed by atoms with E-state index in [2.05, 4.69) is 15.1 Å². The molecule has 1 aromatic carbocycles. The Hall–Kier alpha value is -3.47. The fraction of sp³-hybridized carbons (Fsp3) is 0. The van der Waals surface area contributed by atoms with Gasteiger partial charge in [0.1, 0.15) is 0 Å². The van der Waals surface area contributed by atoms with Gasteiger partial charge in [-0.2, -0.15) is 0 Å². The van der Waals surface area contributed by atoms with Crippen LogP contribution >= 0.6 is 0 Å². The number of nitrogens with two attached hydrogens (primary N) is 1. The summed E-state index contributed by atoms with van der Waals surface area (Å²) in [5, 5.41) is 4.36. The number of hydrogen-bond acceptors (Lipinski definition) is 4.